The maximum Gasteiger partial charge on any atom is 0.274 e. The predicted molar refractivity (Wildman–Crippen MR) is 112 cm³/mol. The summed E-state index contributed by atoms with van der Waals surface area (Å²) in [6.45, 7) is 8.24. The van der Waals surface area contributed by atoms with Crippen molar-refractivity contribution in [3.05, 3.63) is 71.2 Å². The van der Waals surface area contributed by atoms with Gasteiger partial charge in [-0.05, 0) is 51.0 Å². The van der Waals surface area contributed by atoms with Gasteiger partial charge >= 0.3 is 0 Å². The van der Waals surface area contributed by atoms with Crippen molar-refractivity contribution in [2.45, 2.75) is 27.7 Å². The molecule has 1 amide bonds. The Morgan fingerprint density at radius 3 is 2.43 bits per heavy atom. The van der Waals surface area contributed by atoms with Crippen molar-refractivity contribution in [2.24, 2.45) is 0 Å². The maximum absolute atomic E-state index is 12.8. The van der Waals surface area contributed by atoms with Crippen LogP contribution in [0.25, 0.3) is 0 Å². The monoisotopic (exact) mass is 376 g/mol. The van der Waals surface area contributed by atoms with Crippen LogP contribution in [0.3, 0.4) is 0 Å². The van der Waals surface area contributed by atoms with Gasteiger partial charge in [-0.3, -0.25) is 4.79 Å². The standard InChI is InChI=1S/C22H24N4O2/c1-5-28-19-12-7-6-11-17(19)25-22(27)18-13-20(24-16(4)23-18)26-21-14(2)9-8-10-15(21)3/h6-13H,5H2,1-4H3,(H,25,27)(H,23,24,26). The third-order valence-electron chi connectivity index (χ3n) is 4.24. The molecule has 0 aliphatic rings. The van der Waals surface area contributed by atoms with E-state index in [9.17, 15) is 4.79 Å². The minimum atomic E-state index is -0.317. The molecule has 28 heavy (non-hydrogen) atoms. The van der Waals surface area contributed by atoms with Crippen molar-refractivity contribution in [1.29, 1.82) is 0 Å². The van der Waals surface area contributed by atoms with E-state index < -0.39 is 0 Å². The van der Waals surface area contributed by atoms with E-state index in [1.807, 2.05) is 57.2 Å². The molecule has 0 saturated carbocycles. The number of hydrogen-bond acceptors (Lipinski definition) is 5. The highest BCUT2D eigenvalue weighted by Gasteiger charge is 2.14. The van der Waals surface area contributed by atoms with Crippen LogP contribution in [0.2, 0.25) is 0 Å². The summed E-state index contributed by atoms with van der Waals surface area (Å²) in [5.41, 5.74) is 4.08. The number of aromatic nitrogens is 2. The Hall–Kier alpha value is -3.41. The van der Waals surface area contributed by atoms with Crippen molar-refractivity contribution in [1.82, 2.24) is 9.97 Å². The summed E-state index contributed by atoms with van der Waals surface area (Å²) in [7, 11) is 0. The molecule has 1 heterocycles. The fourth-order valence-electron chi connectivity index (χ4n) is 2.93. The lowest BCUT2D eigenvalue weighted by Crippen LogP contribution is -2.16. The second-order valence-corrected chi connectivity index (χ2v) is 6.46. The Morgan fingerprint density at radius 2 is 1.71 bits per heavy atom. The molecular formula is C22H24N4O2. The van der Waals surface area contributed by atoms with Gasteiger partial charge < -0.3 is 15.4 Å². The van der Waals surface area contributed by atoms with E-state index in [4.69, 9.17) is 4.74 Å². The van der Waals surface area contributed by atoms with E-state index in [-0.39, 0.29) is 11.6 Å². The second-order valence-electron chi connectivity index (χ2n) is 6.46. The van der Waals surface area contributed by atoms with Gasteiger partial charge in [0.25, 0.3) is 5.91 Å². The first-order chi connectivity index (χ1) is 13.5. The van der Waals surface area contributed by atoms with Crippen LogP contribution in [0.4, 0.5) is 17.2 Å². The molecule has 2 N–H and O–H groups in total. The average molecular weight is 376 g/mol. The highest BCUT2D eigenvalue weighted by Crippen LogP contribution is 2.26. The molecule has 0 radical (unpaired) electrons. The average Bonchev–Trinajstić information content (AvgIpc) is 2.66. The quantitative estimate of drug-likeness (QED) is 0.646. The minimum Gasteiger partial charge on any atom is -0.492 e. The van der Waals surface area contributed by atoms with Gasteiger partial charge in [0.15, 0.2) is 0 Å². The third kappa shape index (κ3) is 4.46. The van der Waals surface area contributed by atoms with E-state index in [1.165, 1.54) is 0 Å². The maximum atomic E-state index is 12.8. The van der Waals surface area contributed by atoms with Gasteiger partial charge in [0.05, 0.1) is 12.3 Å². The number of aryl methyl sites for hydroxylation is 3. The van der Waals surface area contributed by atoms with Crippen LogP contribution in [-0.2, 0) is 0 Å². The topological polar surface area (TPSA) is 76.1 Å². The molecule has 3 aromatic rings. The zero-order valence-electron chi connectivity index (χ0n) is 16.5. The Bertz CT molecular complexity index is 981. The Morgan fingerprint density at radius 1 is 1.00 bits per heavy atom. The Balaban J connectivity index is 1.86. The smallest absolute Gasteiger partial charge is 0.274 e. The predicted octanol–water partition coefficient (Wildman–Crippen LogP) is 4.80. The normalized spacial score (nSPS) is 10.4. The van der Waals surface area contributed by atoms with Gasteiger partial charge in [0.1, 0.15) is 23.1 Å². The van der Waals surface area contributed by atoms with Crippen molar-refractivity contribution in [3.8, 4) is 5.75 Å². The number of para-hydroxylation sites is 3. The van der Waals surface area contributed by atoms with Crippen LogP contribution in [0.5, 0.6) is 5.75 Å². The molecule has 6 nitrogen and oxygen atoms in total. The molecule has 0 aliphatic carbocycles. The van der Waals surface area contributed by atoms with Gasteiger partial charge in [-0.25, -0.2) is 9.97 Å². The van der Waals surface area contributed by atoms with Crippen molar-refractivity contribution in [2.75, 3.05) is 17.2 Å². The number of benzene rings is 2. The number of nitrogens with one attached hydrogen (secondary N) is 2. The van der Waals surface area contributed by atoms with Crippen LogP contribution in [0.15, 0.2) is 48.5 Å². The summed E-state index contributed by atoms with van der Waals surface area (Å²) < 4.78 is 5.57. The summed E-state index contributed by atoms with van der Waals surface area (Å²) in [4.78, 5) is 21.5. The van der Waals surface area contributed by atoms with Crippen molar-refractivity contribution >= 4 is 23.1 Å². The first-order valence-corrected chi connectivity index (χ1v) is 9.20. The molecule has 0 bridgehead atoms. The Kier molecular flexibility index (Phi) is 5.89. The second kappa shape index (κ2) is 8.52. The highest BCUT2D eigenvalue weighted by atomic mass is 16.5. The van der Waals surface area contributed by atoms with Crippen molar-refractivity contribution in [3.63, 3.8) is 0 Å². The van der Waals surface area contributed by atoms with Crippen LogP contribution in [0, 0.1) is 20.8 Å². The largest absolute Gasteiger partial charge is 0.492 e. The lowest BCUT2D eigenvalue weighted by molar-refractivity contribution is 0.102. The summed E-state index contributed by atoms with van der Waals surface area (Å²) in [6.07, 6.45) is 0. The molecular weight excluding hydrogens is 352 g/mol. The fraction of sp³-hybridized carbons (Fsp3) is 0.227. The third-order valence-corrected chi connectivity index (χ3v) is 4.24. The van der Waals surface area contributed by atoms with Gasteiger partial charge in [-0.2, -0.15) is 0 Å². The Labute approximate surface area is 165 Å². The molecule has 2 aromatic carbocycles. The summed E-state index contributed by atoms with van der Waals surface area (Å²) >= 11 is 0. The number of carbonyl (C=O) groups excluding carboxylic acids is 1. The number of amides is 1. The van der Waals surface area contributed by atoms with E-state index in [0.717, 1.165) is 16.8 Å². The lowest BCUT2D eigenvalue weighted by Gasteiger charge is -2.14. The number of rotatable bonds is 6. The molecule has 1 aromatic heterocycles. The molecule has 0 unspecified atom stereocenters. The zero-order valence-corrected chi connectivity index (χ0v) is 16.5. The number of nitrogens with zero attached hydrogens (tertiary/aromatic N) is 2. The van der Waals surface area contributed by atoms with E-state index >= 15 is 0 Å². The van der Waals surface area contributed by atoms with Crippen molar-refractivity contribution < 1.29 is 9.53 Å². The molecule has 3 rings (SSSR count). The zero-order chi connectivity index (χ0) is 20.1. The first-order valence-electron chi connectivity index (χ1n) is 9.20. The minimum absolute atomic E-state index is 0.285. The van der Waals surface area contributed by atoms with Crippen LogP contribution < -0.4 is 15.4 Å². The summed E-state index contributed by atoms with van der Waals surface area (Å²) in [5, 5.41) is 6.19. The van der Waals surface area contributed by atoms with Crippen LogP contribution in [-0.4, -0.2) is 22.5 Å². The molecule has 144 valence electrons. The number of anilines is 3. The molecule has 0 spiro atoms. The van der Waals surface area contributed by atoms with E-state index in [2.05, 4.69) is 20.6 Å². The molecule has 0 aliphatic heterocycles. The van der Waals surface area contributed by atoms with Crippen LogP contribution >= 0.6 is 0 Å². The number of carbonyl (C=O) groups is 1. The number of hydrogen-bond donors (Lipinski definition) is 2. The fourth-order valence-corrected chi connectivity index (χ4v) is 2.93. The molecule has 6 heteroatoms. The number of ether oxygens (including phenoxy) is 1. The van der Waals surface area contributed by atoms with Gasteiger partial charge in [0, 0.05) is 11.8 Å². The van der Waals surface area contributed by atoms with E-state index in [0.29, 0.717) is 29.7 Å². The van der Waals surface area contributed by atoms with Gasteiger partial charge in [0.2, 0.25) is 0 Å². The molecule has 0 saturated heterocycles. The van der Waals surface area contributed by atoms with Crippen LogP contribution in [0.1, 0.15) is 34.4 Å². The highest BCUT2D eigenvalue weighted by molar-refractivity contribution is 6.04. The van der Waals surface area contributed by atoms with Gasteiger partial charge in [-0.1, -0.05) is 30.3 Å². The molecule has 0 atom stereocenters. The lowest BCUT2D eigenvalue weighted by atomic mass is 10.1. The summed E-state index contributed by atoms with van der Waals surface area (Å²) in [5.74, 6) is 1.40. The summed E-state index contributed by atoms with van der Waals surface area (Å²) in [6, 6.07) is 15.0. The first kappa shape index (κ1) is 19.4. The van der Waals surface area contributed by atoms with E-state index in [1.54, 1.807) is 19.1 Å². The SMILES string of the molecule is CCOc1ccccc1NC(=O)c1cc(Nc2c(C)cccc2C)nc(C)n1. The van der Waals surface area contributed by atoms with Gasteiger partial charge in [-0.15, -0.1) is 0 Å². The molecule has 0 fully saturated rings.